The quantitative estimate of drug-likeness (QED) is 0.886. The van der Waals surface area contributed by atoms with E-state index in [1.165, 1.54) is 19.2 Å². The Hall–Kier alpha value is -2.67. The summed E-state index contributed by atoms with van der Waals surface area (Å²) in [6, 6.07) is 9.21. The number of nitrogens with zero attached hydrogens (tertiary/aromatic N) is 2. The van der Waals surface area contributed by atoms with Crippen molar-refractivity contribution in [3.63, 3.8) is 0 Å². The van der Waals surface area contributed by atoms with Crippen molar-refractivity contribution in [2.45, 2.75) is 6.54 Å². The molecule has 1 fully saturated rings. The van der Waals surface area contributed by atoms with Gasteiger partial charge in [-0.3, -0.25) is 4.90 Å². The van der Waals surface area contributed by atoms with Crippen molar-refractivity contribution in [2.75, 3.05) is 38.2 Å². The first-order valence-corrected chi connectivity index (χ1v) is 8.31. The topological polar surface area (TPSA) is 53.0 Å². The molecule has 2 aromatic carbocycles. The van der Waals surface area contributed by atoms with Crippen molar-refractivity contribution in [3.8, 4) is 5.75 Å². The van der Waals surface area contributed by atoms with Gasteiger partial charge in [-0.1, -0.05) is 0 Å². The third-order valence-corrected chi connectivity index (χ3v) is 4.60. The second kappa shape index (κ2) is 7.70. The third-order valence-electron chi connectivity index (χ3n) is 4.60. The number of carbonyl (C=O) groups is 1. The van der Waals surface area contributed by atoms with Crippen LogP contribution in [0.5, 0.6) is 5.75 Å². The van der Waals surface area contributed by atoms with Crippen molar-refractivity contribution in [1.82, 2.24) is 4.90 Å². The van der Waals surface area contributed by atoms with Crippen molar-refractivity contribution >= 4 is 11.7 Å². The molecule has 2 aromatic rings. The summed E-state index contributed by atoms with van der Waals surface area (Å²) in [7, 11) is 1.36. The van der Waals surface area contributed by atoms with Gasteiger partial charge in [0.15, 0.2) is 11.6 Å². The summed E-state index contributed by atoms with van der Waals surface area (Å²) in [4.78, 5) is 15.0. The van der Waals surface area contributed by atoms with Gasteiger partial charge in [-0.2, -0.15) is 0 Å². The van der Waals surface area contributed by atoms with Crippen LogP contribution in [0.1, 0.15) is 15.9 Å². The molecule has 3 rings (SSSR count). The van der Waals surface area contributed by atoms with Crippen LogP contribution in [0.4, 0.5) is 14.5 Å². The lowest BCUT2D eigenvalue weighted by Gasteiger charge is -2.36. The highest BCUT2D eigenvalue weighted by Crippen LogP contribution is 2.25. The molecule has 1 N–H and O–H groups in total. The van der Waals surface area contributed by atoms with E-state index in [9.17, 15) is 13.6 Å². The molecule has 138 valence electrons. The van der Waals surface area contributed by atoms with Gasteiger partial charge in [-0.25, -0.2) is 13.6 Å². The number of anilines is 1. The fourth-order valence-electron chi connectivity index (χ4n) is 3.08. The predicted octanol–water partition coefficient (Wildman–Crippen LogP) is 2.99. The Bertz CT molecular complexity index is 788. The minimum absolute atomic E-state index is 0.0172. The maximum absolute atomic E-state index is 14.3. The highest BCUT2D eigenvalue weighted by atomic mass is 19.1. The van der Waals surface area contributed by atoms with Crippen LogP contribution in [0.25, 0.3) is 0 Å². The lowest BCUT2D eigenvalue weighted by molar-refractivity contribution is 0.0697. The SMILES string of the molecule is COc1ccc(F)c(CN2CCN(c3ccc(C(=O)O)cc3)CC2)c1F. The summed E-state index contributed by atoms with van der Waals surface area (Å²) >= 11 is 0. The molecule has 0 bridgehead atoms. The fourth-order valence-corrected chi connectivity index (χ4v) is 3.08. The number of carboxylic acid groups (broad SMARTS) is 1. The van der Waals surface area contributed by atoms with Crippen molar-refractivity contribution < 1.29 is 23.4 Å². The Kier molecular flexibility index (Phi) is 5.37. The molecule has 1 heterocycles. The zero-order valence-electron chi connectivity index (χ0n) is 14.4. The van der Waals surface area contributed by atoms with E-state index in [-0.39, 0.29) is 23.4 Å². The summed E-state index contributed by atoms with van der Waals surface area (Å²) in [5, 5.41) is 8.95. The number of methoxy groups -OCH3 is 1. The second-order valence-corrected chi connectivity index (χ2v) is 6.16. The van der Waals surface area contributed by atoms with Crippen LogP contribution >= 0.6 is 0 Å². The highest BCUT2D eigenvalue weighted by Gasteiger charge is 2.21. The number of hydrogen-bond acceptors (Lipinski definition) is 4. The standard InChI is InChI=1S/C19H20F2N2O3/c1-26-17-7-6-16(20)15(18(17)21)12-22-8-10-23(11-9-22)14-4-2-13(3-5-14)19(24)25/h2-7H,8-12H2,1H3,(H,24,25). The first-order valence-electron chi connectivity index (χ1n) is 8.31. The van der Waals surface area contributed by atoms with Gasteiger partial charge >= 0.3 is 5.97 Å². The Morgan fingerprint density at radius 3 is 2.31 bits per heavy atom. The molecule has 0 unspecified atom stereocenters. The van der Waals surface area contributed by atoms with Crippen LogP contribution in [0.3, 0.4) is 0 Å². The molecule has 0 spiro atoms. The first-order chi connectivity index (χ1) is 12.5. The Morgan fingerprint density at radius 2 is 1.73 bits per heavy atom. The van der Waals surface area contributed by atoms with E-state index in [4.69, 9.17) is 9.84 Å². The number of aromatic carboxylic acids is 1. The molecular weight excluding hydrogens is 342 g/mol. The zero-order valence-corrected chi connectivity index (χ0v) is 14.4. The second-order valence-electron chi connectivity index (χ2n) is 6.16. The number of ether oxygens (including phenoxy) is 1. The van der Waals surface area contributed by atoms with Gasteiger partial charge in [-0.05, 0) is 36.4 Å². The molecule has 0 radical (unpaired) electrons. The van der Waals surface area contributed by atoms with Gasteiger partial charge in [0.25, 0.3) is 0 Å². The first kappa shape index (κ1) is 18.1. The van der Waals surface area contributed by atoms with E-state index in [1.54, 1.807) is 24.3 Å². The van der Waals surface area contributed by atoms with E-state index in [2.05, 4.69) is 4.90 Å². The summed E-state index contributed by atoms with van der Waals surface area (Å²) in [6.45, 7) is 2.87. The number of rotatable bonds is 5. The number of benzene rings is 2. The van der Waals surface area contributed by atoms with Crippen LogP contribution in [0.2, 0.25) is 0 Å². The van der Waals surface area contributed by atoms with E-state index in [0.29, 0.717) is 26.2 Å². The smallest absolute Gasteiger partial charge is 0.335 e. The summed E-state index contributed by atoms with van der Waals surface area (Å²) in [6.07, 6.45) is 0. The van der Waals surface area contributed by atoms with Crippen molar-refractivity contribution in [1.29, 1.82) is 0 Å². The number of halogens is 2. The molecule has 5 nitrogen and oxygen atoms in total. The highest BCUT2D eigenvalue weighted by molar-refractivity contribution is 5.88. The van der Waals surface area contributed by atoms with Crippen molar-refractivity contribution in [2.24, 2.45) is 0 Å². The third kappa shape index (κ3) is 3.77. The van der Waals surface area contributed by atoms with Gasteiger partial charge in [0.1, 0.15) is 5.82 Å². The molecule has 1 aliphatic heterocycles. The van der Waals surface area contributed by atoms with E-state index in [0.717, 1.165) is 5.69 Å². The van der Waals surface area contributed by atoms with E-state index >= 15 is 0 Å². The van der Waals surface area contributed by atoms with E-state index < -0.39 is 17.6 Å². The number of hydrogen-bond donors (Lipinski definition) is 1. The van der Waals surface area contributed by atoms with Crippen LogP contribution in [-0.4, -0.2) is 49.3 Å². The molecule has 7 heteroatoms. The molecule has 1 aliphatic rings. The lowest BCUT2D eigenvalue weighted by Crippen LogP contribution is -2.46. The molecule has 0 aliphatic carbocycles. The Labute approximate surface area is 150 Å². The van der Waals surface area contributed by atoms with Crippen LogP contribution < -0.4 is 9.64 Å². The molecule has 1 saturated heterocycles. The van der Waals surface area contributed by atoms with Crippen LogP contribution in [0.15, 0.2) is 36.4 Å². The number of carboxylic acids is 1. The van der Waals surface area contributed by atoms with Crippen LogP contribution in [0, 0.1) is 11.6 Å². The summed E-state index contributed by atoms with van der Waals surface area (Å²) < 4.78 is 33.2. The normalized spacial score (nSPS) is 15.1. The minimum atomic E-state index is -0.955. The van der Waals surface area contributed by atoms with Crippen LogP contribution in [-0.2, 0) is 6.54 Å². The maximum Gasteiger partial charge on any atom is 0.335 e. The van der Waals surface area contributed by atoms with Gasteiger partial charge in [-0.15, -0.1) is 0 Å². The summed E-state index contributed by atoms with van der Waals surface area (Å²) in [5.74, 6) is -2.14. The van der Waals surface area contributed by atoms with Crippen molar-refractivity contribution in [3.05, 3.63) is 59.2 Å². The minimum Gasteiger partial charge on any atom is -0.494 e. The average Bonchev–Trinajstić information content (AvgIpc) is 2.66. The van der Waals surface area contributed by atoms with Gasteiger partial charge in [0.2, 0.25) is 0 Å². The average molecular weight is 362 g/mol. The summed E-state index contributed by atoms with van der Waals surface area (Å²) in [5.41, 5.74) is 1.20. The largest absolute Gasteiger partial charge is 0.494 e. The molecule has 0 saturated carbocycles. The van der Waals surface area contributed by atoms with E-state index in [1.807, 2.05) is 4.90 Å². The Morgan fingerprint density at radius 1 is 1.08 bits per heavy atom. The predicted molar refractivity (Wildman–Crippen MR) is 93.8 cm³/mol. The van der Waals surface area contributed by atoms with Gasteiger partial charge in [0, 0.05) is 44.0 Å². The molecule has 0 atom stereocenters. The Balaban J connectivity index is 1.63. The zero-order chi connectivity index (χ0) is 18.7. The monoisotopic (exact) mass is 362 g/mol. The van der Waals surface area contributed by atoms with Gasteiger partial charge < -0.3 is 14.7 Å². The van der Waals surface area contributed by atoms with Gasteiger partial charge in [0.05, 0.1) is 12.7 Å². The molecule has 0 aromatic heterocycles. The number of piperazine rings is 1. The lowest BCUT2D eigenvalue weighted by atomic mass is 10.1. The fraction of sp³-hybridized carbons (Fsp3) is 0.316. The molecular formula is C19H20F2N2O3. The molecule has 26 heavy (non-hydrogen) atoms. The maximum atomic E-state index is 14.3. The molecule has 0 amide bonds.